The van der Waals surface area contributed by atoms with Crippen LogP contribution in [0.4, 0.5) is 5.69 Å². The summed E-state index contributed by atoms with van der Waals surface area (Å²) in [7, 11) is 1.68. The molecule has 1 aromatic carbocycles. The smallest absolute Gasteiger partial charge is 0.120 e. The Morgan fingerprint density at radius 1 is 1.53 bits per heavy atom. The molecule has 0 radical (unpaired) electrons. The van der Waals surface area contributed by atoms with Crippen LogP contribution in [0, 0.1) is 5.92 Å². The molecule has 0 bridgehead atoms. The third kappa shape index (κ3) is 2.86. The van der Waals surface area contributed by atoms with E-state index in [0.29, 0.717) is 5.92 Å². The SMILES string of the molecule is COc1cccc(NCC2CCOC2)c1. The summed E-state index contributed by atoms with van der Waals surface area (Å²) in [6, 6.07) is 8.00. The molecule has 1 saturated heterocycles. The second-order valence-corrected chi connectivity index (χ2v) is 3.84. The Labute approximate surface area is 90.4 Å². The van der Waals surface area contributed by atoms with Gasteiger partial charge >= 0.3 is 0 Å². The van der Waals surface area contributed by atoms with E-state index < -0.39 is 0 Å². The summed E-state index contributed by atoms with van der Waals surface area (Å²) in [6.45, 7) is 2.77. The van der Waals surface area contributed by atoms with Gasteiger partial charge < -0.3 is 14.8 Å². The highest BCUT2D eigenvalue weighted by Gasteiger charge is 2.14. The number of benzene rings is 1. The molecular weight excluding hydrogens is 190 g/mol. The first kappa shape index (κ1) is 10.3. The predicted molar refractivity (Wildman–Crippen MR) is 60.4 cm³/mol. The van der Waals surface area contributed by atoms with Crippen molar-refractivity contribution in [3.63, 3.8) is 0 Å². The van der Waals surface area contributed by atoms with Crippen LogP contribution in [0.5, 0.6) is 5.75 Å². The van der Waals surface area contributed by atoms with E-state index in [2.05, 4.69) is 11.4 Å². The Balaban J connectivity index is 1.86. The maximum absolute atomic E-state index is 5.33. The van der Waals surface area contributed by atoms with Gasteiger partial charge in [-0.3, -0.25) is 0 Å². The first-order valence-electron chi connectivity index (χ1n) is 5.34. The van der Waals surface area contributed by atoms with Crippen molar-refractivity contribution in [2.75, 3.05) is 32.2 Å². The van der Waals surface area contributed by atoms with Gasteiger partial charge in [0.05, 0.1) is 13.7 Å². The van der Waals surface area contributed by atoms with Gasteiger partial charge in [-0.25, -0.2) is 0 Å². The maximum Gasteiger partial charge on any atom is 0.120 e. The maximum atomic E-state index is 5.33. The molecule has 0 spiro atoms. The summed E-state index contributed by atoms with van der Waals surface area (Å²) in [6.07, 6.45) is 1.16. The van der Waals surface area contributed by atoms with Crippen LogP contribution in [0.3, 0.4) is 0 Å². The number of methoxy groups -OCH3 is 1. The molecule has 1 aliphatic heterocycles. The van der Waals surface area contributed by atoms with Gasteiger partial charge in [-0.1, -0.05) is 6.07 Å². The van der Waals surface area contributed by atoms with Gasteiger partial charge in [0.2, 0.25) is 0 Å². The molecule has 3 heteroatoms. The molecular formula is C12H17NO2. The Bertz CT molecular complexity index is 308. The highest BCUT2D eigenvalue weighted by atomic mass is 16.5. The van der Waals surface area contributed by atoms with Crippen LogP contribution in [-0.2, 0) is 4.74 Å². The molecule has 1 unspecified atom stereocenters. The Morgan fingerprint density at radius 3 is 3.20 bits per heavy atom. The van der Waals surface area contributed by atoms with E-state index >= 15 is 0 Å². The van der Waals surface area contributed by atoms with Crippen LogP contribution >= 0.6 is 0 Å². The molecule has 0 saturated carbocycles. The number of anilines is 1. The third-order valence-electron chi connectivity index (χ3n) is 2.69. The number of hydrogen-bond acceptors (Lipinski definition) is 3. The van der Waals surface area contributed by atoms with Gasteiger partial charge in [0.15, 0.2) is 0 Å². The van der Waals surface area contributed by atoms with Crippen LogP contribution in [0.15, 0.2) is 24.3 Å². The standard InChI is InChI=1S/C12H17NO2/c1-14-12-4-2-3-11(7-12)13-8-10-5-6-15-9-10/h2-4,7,10,13H,5-6,8-9H2,1H3. The Morgan fingerprint density at radius 2 is 2.47 bits per heavy atom. The van der Waals surface area contributed by atoms with Crippen LogP contribution in [0.1, 0.15) is 6.42 Å². The topological polar surface area (TPSA) is 30.5 Å². The molecule has 1 aromatic rings. The number of hydrogen-bond donors (Lipinski definition) is 1. The van der Waals surface area contributed by atoms with E-state index in [4.69, 9.17) is 9.47 Å². The van der Waals surface area contributed by atoms with Gasteiger partial charge in [-0.15, -0.1) is 0 Å². The zero-order valence-corrected chi connectivity index (χ0v) is 9.03. The summed E-state index contributed by atoms with van der Waals surface area (Å²) >= 11 is 0. The van der Waals surface area contributed by atoms with Crippen molar-refractivity contribution in [2.45, 2.75) is 6.42 Å². The number of ether oxygens (including phenoxy) is 2. The lowest BCUT2D eigenvalue weighted by atomic mass is 10.1. The van der Waals surface area contributed by atoms with Crippen LogP contribution in [0.25, 0.3) is 0 Å². The number of rotatable bonds is 4. The van der Waals surface area contributed by atoms with Crippen molar-refractivity contribution < 1.29 is 9.47 Å². The fraction of sp³-hybridized carbons (Fsp3) is 0.500. The average Bonchev–Trinajstić information content (AvgIpc) is 2.79. The predicted octanol–water partition coefficient (Wildman–Crippen LogP) is 2.14. The summed E-state index contributed by atoms with van der Waals surface area (Å²) in [5.41, 5.74) is 1.11. The van der Waals surface area contributed by atoms with Gasteiger partial charge in [0.25, 0.3) is 0 Å². The first-order chi connectivity index (χ1) is 7.38. The number of nitrogens with one attached hydrogen (secondary N) is 1. The van der Waals surface area contributed by atoms with Crippen molar-refractivity contribution in [1.29, 1.82) is 0 Å². The zero-order chi connectivity index (χ0) is 10.5. The molecule has 1 N–H and O–H groups in total. The van der Waals surface area contributed by atoms with Crippen molar-refractivity contribution in [1.82, 2.24) is 0 Å². The second-order valence-electron chi connectivity index (χ2n) is 3.84. The summed E-state index contributed by atoms with van der Waals surface area (Å²) in [4.78, 5) is 0. The normalized spacial score (nSPS) is 20.2. The molecule has 0 aliphatic carbocycles. The zero-order valence-electron chi connectivity index (χ0n) is 9.03. The largest absolute Gasteiger partial charge is 0.497 e. The van der Waals surface area contributed by atoms with E-state index in [1.807, 2.05) is 18.2 Å². The Kier molecular flexibility index (Phi) is 3.45. The van der Waals surface area contributed by atoms with Crippen LogP contribution < -0.4 is 10.1 Å². The minimum absolute atomic E-state index is 0.649. The highest BCUT2D eigenvalue weighted by molar-refractivity contribution is 5.48. The lowest BCUT2D eigenvalue weighted by Gasteiger charge is -2.11. The summed E-state index contributed by atoms with van der Waals surface area (Å²) < 4.78 is 10.5. The molecule has 1 atom stereocenters. The van der Waals surface area contributed by atoms with Crippen LogP contribution in [-0.4, -0.2) is 26.9 Å². The van der Waals surface area contributed by atoms with E-state index in [1.165, 1.54) is 0 Å². The minimum Gasteiger partial charge on any atom is -0.497 e. The third-order valence-corrected chi connectivity index (χ3v) is 2.69. The summed E-state index contributed by atoms with van der Waals surface area (Å²) in [5, 5.41) is 3.40. The lowest BCUT2D eigenvalue weighted by molar-refractivity contribution is 0.187. The lowest BCUT2D eigenvalue weighted by Crippen LogP contribution is -2.13. The quantitative estimate of drug-likeness (QED) is 0.820. The van der Waals surface area contributed by atoms with Crippen molar-refractivity contribution in [3.05, 3.63) is 24.3 Å². The van der Waals surface area contributed by atoms with Gasteiger partial charge in [-0.2, -0.15) is 0 Å². The van der Waals surface area contributed by atoms with Gasteiger partial charge in [0, 0.05) is 30.8 Å². The highest BCUT2D eigenvalue weighted by Crippen LogP contribution is 2.18. The van der Waals surface area contributed by atoms with Crippen LogP contribution in [0.2, 0.25) is 0 Å². The summed E-state index contributed by atoms with van der Waals surface area (Å²) in [5.74, 6) is 1.54. The molecule has 1 aliphatic rings. The monoisotopic (exact) mass is 207 g/mol. The van der Waals surface area contributed by atoms with E-state index in [0.717, 1.165) is 37.6 Å². The molecule has 0 aromatic heterocycles. The van der Waals surface area contributed by atoms with Gasteiger partial charge in [-0.05, 0) is 18.6 Å². The molecule has 0 amide bonds. The average molecular weight is 207 g/mol. The minimum atomic E-state index is 0.649. The molecule has 3 nitrogen and oxygen atoms in total. The Hall–Kier alpha value is -1.22. The first-order valence-corrected chi connectivity index (χ1v) is 5.34. The van der Waals surface area contributed by atoms with Crippen molar-refractivity contribution in [3.8, 4) is 5.75 Å². The molecule has 1 fully saturated rings. The van der Waals surface area contributed by atoms with Crippen molar-refractivity contribution in [2.24, 2.45) is 5.92 Å². The second kappa shape index (κ2) is 5.03. The fourth-order valence-electron chi connectivity index (χ4n) is 1.74. The molecule has 2 rings (SSSR count). The van der Waals surface area contributed by atoms with Gasteiger partial charge in [0.1, 0.15) is 5.75 Å². The van der Waals surface area contributed by atoms with E-state index in [9.17, 15) is 0 Å². The van der Waals surface area contributed by atoms with E-state index in [-0.39, 0.29) is 0 Å². The van der Waals surface area contributed by atoms with E-state index in [1.54, 1.807) is 7.11 Å². The van der Waals surface area contributed by atoms with Crippen molar-refractivity contribution >= 4 is 5.69 Å². The molecule has 1 heterocycles. The molecule has 82 valence electrons. The fourth-order valence-corrected chi connectivity index (χ4v) is 1.74. The molecule has 15 heavy (non-hydrogen) atoms.